The lowest BCUT2D eigenvalue weighted by atomic mass is 10.1. The standard InChI is InChI=1S/C14H21N3O2/c1-10-8-15-17(12-4-2-3-5-12)13(10)16-14(18)11-6-7-19-9-11/h8,11-12H,2-7,9H2,1H3,(H,16,18). The van der Waals surface area contributed by atoms with E-state index in [1.807, 2.05) is 17.8 Å². The second-order valence-electron chi connectivity index (χ2n) is 5.61. The van der Waals surface area contributed by atoms with Crippen molar-refractivity contribution >= 4 is 11.7 Å². The summed E-state index contributed by atoms with van der Waals surface area (Å²) in [4.78, 5) is 12.2. The maximum atomic E-state index is 12.2. The Bertz CT molecular complexity index is 457. The van der Waals surface area contributed by atoms with E-state index in [9.17, 15) is 4.79 Å². The Morgan fingerprint density at radius 1 is 1.42 bits per heavy atom. The molecule has 3 rings (SSSR count). The number of rotatable bonds is 3. The summed E-state index contributed by atoms with van der Waals surface area (Å²) >= 11 is 0. The lowest BCUT2D eigenvalue weighted by Gasteiger charge is -2.16. The number of hydrogen-bond donors (Lipinski definition) is 1. The number of nitrogens with one attached hydrogen (secondary N) is 1. The van der Waals surface area contributed by atoms with E-state index < -0.39 is 0 Å². The summed E-state index contributed by atoms with van der Waals surface area (Å²) in [6.45, 7) is 3.24. The molecular formula is C14H21N3O2. The summed E-state index contributed by atoms with van der Waals surface area (Å²) in [7, 11) is 0. The van der Waals surface area contributed by atoms with E-state index in [1.54, 1.807) is 0 Å². The molecule has 0 radical (unpaired) electrons. The number of aromatic nitrogens is 2. The van der Waals surface area contributed by atoms with Crippen molar-refractivity contribution in [2.75, 3.05) is 18.5 Å². The van der Waals surface area contributed by atoms with Crippen LogP contribution in [-0.4, -0.2) is 28.9 Å². The third-order valence-corrected chi connectivity index (χ3v) is 4.19. The van der Waals surface area contributed by atoms with Gasteiger partial charge in [-0.05, 0) is 26.2 Å². The van der Waals surface area contributed by atoms with Crippen LogP contribution < -0.4 is 5.32 Å². The van der Waals surface area contributed by atoms with Crippen LogP contribution in [0.2, 0.25) is 0 Å². The van der Waals surface area contributed by atoms with E-state index in [4.69, 9.17) is 4.74 Å². The number of hydrogen-bond acceptors (Lipinski definition) is 3. The predicted octanol–water partition coefficient (Wildman–Crippen LogP) is 2.28. The van der Waals surface area contributed by atoms with Crippen LogP contribution in [0.4, 0.5) is 5.82 Å². The van der Waals surface area contributed by atoms with Gasteiger partial charge in [0.15, 0.2) is 0 Å². The van der Waals surface area contributed by atoms with Gasteiger partial charge in [0, 0.05) is 12.2 Å². The number of anilines is 1. The van der Waals surface area contributed by atoms with E-state index in [1.165, 1.54) is 12.8 Å². The minimum Gasteiger partial charge on any atom is -0.381 e. The van der Waals surface area contributed by atoms with Gasteiger partial charge in [-0.15, -0.1) is 0 Å². The average Bonchev–Trinajstić information content (AvgIpc) is 3.10. The summed E-state index contributed by atoms with van der Waals surface area (Å²) in [5.74, 6) is 0.940. The first-order valence-electron chi connectivity index (χ1n) is 7.18. The molecule has 1 aliphatic carbocycles. The second kappa shape index (κ2) is 5.33. The predicted molar refractivity (Wildman–Crippen MR) is 72.0 cm³/mol. The number of carbonyl (C=O) groups is 1. The SMILES string of the molecule is Cc1cnn(C2CCCC2)c1NC(=O)C1CCOC1. The van der Waals surface area contributed by atoms with Crippen molar-refractivity contribution in [2.24, 2.45) is 5.92 Å². The zero-order valence-electron chi connectivity index (χ0n) is 11.4. The third kappa shape index (κ3) is 2.52. The van der Waals surface area contributed by atoms with Gasteiger partial charge in [-0.25, -0.2) is 4.68 Å². The first kappa shape index (κ1) is 12.7. The molecule has 2 fully saturated rings. The molecule has 104 valence electrons. The zero-order valence-corrected chi connectivity index (χ0v) is 11.4. The van der Waals surface area contributed by atoms with E-state index >= 15 is 0 Å². The van der Waals surface area contributed by atoms with Gasteiger partial charge < -0.3 is 10.1 Å². The molecule has 1 amide bonds. The van der Waals surface area contributed by atoms with Gasteiger partial charge in [-0.2, -0.15) is 5.10 Å². The molecule has 1 aromatic rings. The Morgan fingerprint density at radius 3 is 2.89 bits per heavy atom. The highest BCUT2D eigenvalue weighted by molar-refractivity contribution is 5.92. The van der Waals surface area contributed by atoms with Crippen LogP contribution in [0, 0.1) is 12.8 Å². The van der Waals surface area contributed by atoms with Gasteiger partial charge in [0.25, 0.3) is 0 Å². The zero-order chi connectivity index (χ0) is 13.2. The fourth-order valence-electron chi connectivity index (χ4n) is 2.99. The summed E-state index contributed by atoms with van der Waals surface area (Å²) in [5, 5.41) is 7.51. The topological polar surface area (TPSA) is 56.2 Å². The average molecular weight is 263 g/mol. The highest BCUT2D eigenvalue weighted by Crippen LogP contribution is 2.32. The maximum Gasteiger partial charge on any atom is 0.231 e. The Morgan fingerprint density at radius 2 is 2.21 bits per heavy atom. The smallest absolute Gasteiger partial charge is 0.231 e. The van der Waals surface area contributed by atoms with Crippen molar-refractivity contribution in [1.82, 2.24) is 9.78 Å². The van der Waals surface area contributed by atoms with Crippen LogP contribution in [0.5, 0.6) is 0 Å². The Kier molecular flexibility index (Phi) is 3.55. The molecule has 1 saturated carbocycles. The normalized spacial score (nSPS) is 23.9. The number of nitrogens with zero attached hydrogens (tertiary/aromatic N) is 2. The fourth-order valence-corrected chi connectivity index (χ4v) is 2.99. The molecule has 0 aromatic carbocycles. The van der Waals surface area contributed by atoms with Gasteiger partial charge in [-0.1, -0.05) is 12.8 Å². The van der Waals surface area contributed by atoms with E-state index in [0.29, 0.717) is 19.3 Å². The first-order chi connectivity index (χ1) is 9.25. The van der Waals surface area contributed by atoms with Gasteiger partial charge in [-0.3, -0.25) is 4.79 Å². The monoisotopic (exact) mass is 263 g/mol. The third-order valence-electron chi connectivity index (χ3n) is 4.19. The number of carbonyl (C=O) groups excluding carboxylic acids is 1. The summed E-state index contributed by atoms with van der Waals surface area (Å²) in [6.07, 6.45) is 7.51. The number of aryl methyl sites for hydroxylation is 1. The van der Waals surface area contributed by atoms with Crippen LogP contribution in [0.15, 0.2) is 6.20 Å². The van der Waals surface area contributed by atoms with Crippen molar-refractivity contribution in [3.05, 3.63) is 11.8 Å². The number of amides is 1. The molecule has 1 N–H and O–H groups in total. The number of ether oxygens (including phenoxy) is 1. The van der Waals surface area contributed by atoms with Gasteiger partial charge in [0.1, 0.15) is 5.82 Å². The molecule has 19 heavy (non-hydrogen) atoms. The minimum absolute atomic E-state index is 0.00803. The maximum absolute atomic E-state index is 12.2. The molecule has 5 heteroatoms. The molecule has 2 heterocycles. The Balaban J connectivity index is 1.75. The van der Waals surface area contributed by atoms with E-state index in [-0.39, 0.29) is 11.8 Å². The Labute approximate surface area is 113 Å². The molecule has 2 aliphatic rings. The molecule has 5 nitrogen and oxygen atoms in total. The Hall–Kier alpha value is -1.36. The van der Waals surface area contributed by atoms with Crippen LogP contribution >= 0.6 is 0 Å². The lowest BCUT2D eigenvalue weighted by Crippen LogP contribution is -2.25. The van der Waals surface area contributed by atoms with Crippen molar-refractivity contribution in [3.8, 4) is 0 Å². The molecule has 1 atom stereocenters. The molecule has 1 unspecified atom stereocenters. The van der Waals surface area contributed by atoms with E-state index in [0.717, 1.165) is 30.6 Å². The molecule has 0 bridgehead atoms. The molecule has 1 aliphatic heterocycles. The lowest BCUT2D eigenvalue weighted by molar-refractivity contribution is -0.119. The minimum atomic E-state index is -0.00803. The highest BCUT2D eigenvalue weighted by Gasteiger charge is 2.27. The van der Waals surface area contributed by atoms with Gasteiger partial charge >= 0.3 is 0 Å². The summed E-state index contributed by atoms with van der Waals surface area (Å²) in [5.41, 5.74) is 1.04. The molecule has 1 saturated heterocycles. The molecule has 0 spiro atoms. The van der Waals surface area contributed by atoms with Crippen LogP contribution in [0.3, 0.4) is 0 Å². The van der Waals surface area contributed by atoms with Crippen LogP contribution in [-0.2, 0) is 9.53 Å². The summed E-state index contributed by atoms with van der Waals surface area (Å²) in [6, 6.07) is 0.448. The van der Waals surface area contributed by atoms with Crippen molar-refractivity contribution in [3.63, 3.8) is 0 Å². The second-order valence-corrected chi connectivity index (χ2v) is 5.61. The van der Waals surface area contributed by atoms with Crippen LogP contribution in [0.1, 0.15) is 43.7 Å². The first-order valence-corrected chi connectivity index (χ1v) is 7.18. The van der Waals surface area contributed by atoms with Crippen molar-refractivity contribution < 1.29 is 9.53 Å². The van der Waals surface area contributed by atoms with Crippen molar-refractivity contribution in [1.29, 1.82) is 0 Å². The fraction of sp³-hybridized carbons (Fsp3) is 0.714. The quantitative estimate of drug-likeness (QED) is 0.910. The molecular weight excluding hydrogens is 242 g/mol. The van der Waals surface area contributed by atoms with Gasteiger partial charge in [0.2, 0.25) is 5.91 Å². The largest absolute Gasteiger partial charge is 0.381 e. The highest BCUT2D eigenvalue weighted by atomic mass is 16.5. The van der Waals surface area contributed by atoms with Gasteiger partial charge in [0.05, 0.1) is 24.8 Å². The molecule has 1 aromatic heterocycles. The van der Waals surface area contributed by atoms with E-state index in [2.05, 4.69) is 10.4 Å². The van der Waals surface area contributed by atoms with Crippen molar-refractivity contribution in [2.45, 2.75) is 45.1 Å². The van der Waals surface area contributed by atoms with Crippen LogP contribution in [0.25, 0.3) is 0 Å². The summed E-state index contributed by atoms with van der Waals surface area (Å²) < 4.78 is 7.28.